The minimum atomic E-state index is -3.39. The Hall–Kier alpha value is -1.93. The molecule has 0 atom stereocenters. The third kappa shape index (κ3) is 4.62. The summed E-state index contributed by atoms with van der Waals surface area (Å²) in [5.74, 6) is -0.403. The molecule has 1 fully saturated rings. The molecule has 0 radical (unpaired) electrons. The molecule has 26 heavy (non-hydrogen) atoms. The summed E-state index contributed by atoms with van der Waals surface area (Å²) in [5.41, 5.74) is 1.58. The van der Waals surface area contributed by atoms with Crippen LogP contribution in [0.1, 0.15) is 15.9 Å². The third-order valence-corrected chi connectivity index (χ3v) is 6.23. The Morgan fingerprint density at radius 3 is 2.38 bits per heavy atom. The monoisotopic (exact) mass is 394 g/mol. The van der Waals surface area contributed by atoms with E-state index in [-0.39, 0.29) is 11.7 Å². The number of carbonyl (C=O) groups excluding carboxylic acids is 1. The predicted octanol–water partition coefficient (Wildman–Crippen LogP) is 2.75. The first-order chi connectivity index (χ1) is 12.5. The van der Waals surface area contributed by atoms with Crippen molar-refractivity contribution in [3.8, 4) is 0 Å². The van der Waals surface area contributed by atoms with Gasteiger partial charge in [0, 0.05) is 18.7 Å². The Kier molecular flexibility index (Phi) is 5.93. The first-order valence-corrected chi connectivity index (χ1v) is 10.1. The van der Waals surface area contributed by atoms with Crippen molar-refractivity contribution in [2.24, 2.45) is 0 Å². The molecule has 6 nitrogen and oxygen atoms in total. The van der Waals surface area contributed by atoms with Crippen LogP contribution in [0.3, 0.4) is 0 Å². The van der Waals surface area contributed by atoms with Crippen LogP contribution >= 0.6 is 11.6 Å². The van der Waals surface area contributed by atoms with Crippen molar-refractivity contribution in [2.45, 2.75) is 5.75 Å². The molecule has 1 amide bonds. The normalized spacial score (nSPS) is 15.6. The summed E-state index contributed by atoms with van der Waals surface area (Å²) in [6.45, 7) is 1.59. The number of para-hydroxylation sites is 1. The standard InChI is InChI=1S/C18H19ClN2O4S/c19-16-3-1-2-4-17(16)20-18(22)15-7-5-14(6-8-15)13-26(23,24)21-9-11-25-12-10-21/h1-8H,9-13H2,(H,20,22). The smallest absolute Gasteiger partial charge is 0.255 e. The summed E-state index contributed by atoms with van der Waals surface area (Å²) < 4.78 is 31.5. The maximum Gasteiger partial charge on any atom is 0.255 e. The van der Waals surface area contributed by atoms with E-state index < -0.39 is 10.0 Å². The third-order valence-electron chi connectivity index (χ3n) is 4.05. The number of halogens is 1. The number of carbonyl (C=O) groups is 1. The molecule has 1 aliphatic rings. The lowest BCUT2D eigenvalue weighted by molar-refractivity contribution is 0.0729. The number of ether oxygens (including phenoxy) is 1. The second kappa shape index (κ2) is 8.18. The lowest BCUT2D eigenvalue weighted by atomic mass is 10.1. The van der Waals surface area contributed by atoms with Gasteiger partial charge in [0.05, 0.1) is 29.7 Å². The molecule has 1 saturated heterocycles. The van der Waals surface area contributed by atoms with Gasteiger partial charge in [-0.2, -0.15) is 4.31 Å². The maximum absolute atomic E-state index is 12.4. The van der Waals surface area contributed by atoms with Crippen LogP contribution in [0.2, 0.25) is 5.02 Å². The van der Waals surface area contributed by atoms with Gasteiger partial charge < -0.3 is 10.1 Å². The van der Waals surface area contributed by atoms with Crippen molar-refractivity contribution >= 4 is 33.2 Å². The fourth-order valence-electron chi connectivity index (χ4n) is 2.64. The van der Waals surface area contributed by atoms with Crippen LogP contribution in [-0.4, -0.2) is 44.9 Å². The first-order valence-electron chi connectivity index (χ1n) is 8.16. The van der Waals surface area contributed by atoms with E-state index in [0.29, 0.717) is 48.1 Å². The molecule has 2 aromatic carbocycles. The van der Waals surface area contributed by atoms with Crippen molar-refractivity contribution in [1.29, 1.82) is 0 Å². The topological polar surface area (TPSA) is 75.7 Å². The van der Waals surface area contributed by atoms with Crippen LogP contribution in [-0.2, 0) is 20.5 Å². The second-order valence-electron chi connectivity index (χ2n) is 5.90. The van der Waals surface area contributed by atoms with Gasteiger partial charge in [0.1, 0.15) is 0 Å². The first kappa shape index (κ1) is 18.8. The molecule has 0 aromatic heterocycles. The Morgan fingerprint density at radius 1 is 1.08 bits per heavy atom. The Balaban J connectivity index is 1.66. The fraction of sp³-hybridized carbons (Fsp3) is 0.278. The van der Waals surface area contributed by atoms with E-state index in [1.54, 1.807) is 48.5 Å². The van der Waals surface area contributed by atoms with Crippen molar-refractivity contribution in [3.63, 3.8) is 0 Å². The molecule has 0 aliphatic carbocycles. The number of nitrogens with zero attached hydrogens (tertiary/aromatic N) is 1. The number of rotatable bonds is 5. The predicted molar refractivity (Wildman–Crippen MR) is 101 cm³/mol. The highest BCUT2D eigenvalue weighted by Gasteiger charge is 2.24. The fourth-order valence-corrected chi connectivity index (χ4v) is 4.32. The van der Waals surface area contributed by atoms with Crippen LogP contribution in [0.5, 0.6) is 0 Å². The zero-order valence-corrected chi connectivity index (χ0v) is 15.6. The molecule has 1 heterocycles. The number of hydrogen-bond donors (Lipinski definition) is 1. The van der Waals surface area contributed by atoms with Crippen molar-refractivity contribution in [2.75, 3.05) is 31.6 Å². The van der Waals surface area contributed by atoms with Crippen molar-refractivity contribution in [3.05, 3.63) is 64.7 Å². The minimum absolute atomic E-state index is 0.0978. The molecule has 8 heteroatoms. The number of benzene rings is 2. The molecule has 138 valence electrons. The van der Waals surface area contributed by atoms with Gasteiger partial charge in [0.25, 0.3) is 5.91 Å². The second-order valence-corrected chi connectivity index (χ2v) is 8.27. The van der Waals surface area contributed by atoms with E-state index in [9.17, 15) is 13.2 Å². The van der Waals surface area contributed by atoms with Gasteiger partial charge in [-0.25, -0.2) is 8.42 Å². The number of morpholine rings is 1. The molecule has 0 bridgehead atoms. The van der Waals surface area contributed by atoms with E-state index in [4.69, 9.17) is 16.3 Å². The van der Waals surface area contributed by atoms with E-state index in [1.807, 2.05) is 0 Å². The molecular weight excluding hydrogens is 376 g/mol. The lowest BCUT2D eigenvalue weighted by Gasteiger charge is -2.26. The SMILES string of the molecule is O=C(Nc1ccccc1Cl)c1ccc(CS(=O)(=O)N2CCOCC2)cc1. The highest BCUT2D eigenvalue weighted by atomic mass is 35.5. The average Bonchev–Trinajstić information content (AvgIpc) is 2.64. The Bertz CT molecular complexity index is 878. The summed E-state index contributed by atoms with van der Waals surface area (Å²) in [7, 11) is -3.39. The Labute approximate surface area is 157 Å². The van der Waals surface area contributed by atoms with Gasteiger partial charge in [-0.05, 0) is 29.8 Å². The number of anilines is 1. The zero-order chi connectivity index (χ0) is 18.6. The molecule has 0 unspecified atom stereocenters. The number of sulfonamides is 1. The molecule has 1 aliphatic heterocycles. The van der Waals surface area contributed by atoms with Crippen molar-refractivity contribution in [1.82, 2.24) is 4.31 Å². The zero-order valence-electron chi connectivity index (χ0n) is 14.0. The Morgan fingerprint density at radius 2 is 1.73 bits per heavy atom. The number of nitrogens with one attached hydrogen (secondary N) is 1. The van der Waals surface area contributed by atoms with Gasteiger partial charge in [0.2, 0.25) is 10.0 Å². The molecular formula is C18H19ClN2O4S. The van der Waals surface area contributed by atoms with Crippen molar-refractivity contribution < 1.29 is 17.9 Å². The van der Waals surface area contributed by atoms with Crippen LogP contribution in [0, 0.1) is 0 Å². The minimum Gasteiger partial charge on any atom is -0.379 e. The van der Waals surface area contributed by atoms with E-state index in [2.05, 4.69) is 5.32 Å². The van der Waals surface area contributed by atoms with Gasteiger partial charge in [-0.15, -0.1) is 0 Å². The summed E-state index contributed by atoms with van der Waals surface area (Å²) >= 11 is 6.03. The van der Waals surface area contributed by atoms with Gasteiger partial charge in [0.15, 0.2) is 0 Å². The quantitative estimate of drug-likeness (QED) is 0.846. The van der Waals surface area contributed by atoms with Gasteiger partial charge >= 0.3 is 0 Å². The van der Waals surface area contributed by atoms with Crippen LogP contribution in [0.4, 0.5) is 5.69 Å². The van der Waals surface area contributed by atoms with Crippen LogP contribution in [0.25, 0.3) is 0 Å². The number of amides is 1. The van der Waals surface area contributed by atoms with Crippen LogP contribution < -0.4 is 5.32 Å². The largest absolute Gasteiger partial charge is 0.379 e. The molecule has 0 saturated carbocycles. The van der Waals surface area contributed by atoms with E-state index >= 15 is 0 Å². The lowest BCUT2D eigenvalue weighted by Crippen LogP contribution is -2.41. The molecule has 2 aromatic rings. The van der Waals surface area contributed by atoms with E-state index in [0.717, 1.165) is 0 Å². The van der Waals surface area contributed by atoms with E-state index in [1.165, 1.54) is 4.31 Å². The summed E-state index contributed by atoms with van der Waals surface area (Å²) in [6, 6.07) is 13.5. The van der Waals surface area contributed by atoms with Gasteiger partial charge in [-0.1, -0.05) is 35.9 Å². The summed E-state index contributed by atoms with van der Waals surface area (Å²) in [5, 5.41) is 3.19. The maximum atomic E-state index is 12.4. The highest BCUT2D eigenvalue weighted by Crippen LogP contribution is 2.21. The van der Waals surface area contributed by atoms with Crippen LogP contribution in [0.15, 0.2) is 48.5 Å². The number of hydrogen-bond acceptors (Lipinski definition) is 4. The highest BCUT2D eigenvalue weighted by molar-refractivity contribution is 7.88. The summed E-state index contributed by atoms with van der Waals surface area (Å²) in [6.07, 6.45) is 0. The average molecular weight is 395 g/mol. The molecule has 1 N–H and O–H groups in total. The summed E-state index contributed by atoms with van der Waals surface area (Å²) in [4.78, 5) is 12.3. The van der Waals surface area contributed by atoms with Gasteiger partial charge in [-0.3, -0.25) is 4.79 Å². The molecule has 3 rings (SSSR count). The molecule has 0 spiro atoms.